The van der Waals surface area contributed by atoms with Gasteiger partial charge in [-0.15, -0.1) is 0 Å². The fourth-order valence-electron chi connectivity index (χ4n) is 0.758. The molecule has 0 heterocycles. The molecule has 0 aliphatic rings. The van der Waals surface area contributed by atoms with Crippen molar-refractivity contribution >= 4 is 0 Å². The van der Waals surface area contributed by atoms with E-state index in [1.807, 2.05) is 13.0 Å². The van der Waals surface area contributed by atoms with Crippen molar-refractivity contribution in [3.8, 4) is 0 Å². The van der Waals surface area contributed by atoms with Crippen LogP contribution in [0.2, 0.25) is 0 Å². The highest BCUT2D eigenvalue weighted by atomic mass is 15.1. The van der Waals surface area contributed by atoms with Crippen LogP contribution in [0.5, 0.6) is 0 Å². The van der Waals surface area contributed by atoms with Gasteiger partial charge in [-0.25, -0.2) is 0 Å². The predicted molar refractivity (Wildman–Crippen MR) is 65.3 cm³/mol. The van der Waals surface area contributed by atoms with E-state index in [0.717, 1.165) is 12.2 Å². The minimum atomic E-state index is 0.510. The van der Waals surface area contributed by atoms with Gasteiger partial charge < -0.3 is 5.32 Å². The summed E-state index contributed by atoms with van der Waals surface area (Å²) >= 11 is 0. The number of rotatable bonds is 7. The molecule has 0 aliphatic heterocycles. The van der Waals surface area contributed by atoms with Gasteiger partial charge in [0.2, 0.25) is 0 Å². The molecule has 3 nitrogen and oxygen atoms in total. The van der Waals surface area contributed by atoms with Gasteiger partial charge in [-0.3, -0.25) is 0 Å². The quantitative estimate of drug-likeness (QED) is 0.500. The highest BCUT2D eigenvalue weighted by Crippen LogP contribution is 2.09. The van der Waals surface area contributed by atoms with Crippen LogP contribution in [0.25, 0.3) is 0 Å². The van der Waals surface area contributed by atoms with Gasteiger partial charge in [-0.1, -0.05) is 32.4 Å². The Morgan fingerprint density at radius 1 is 1.27 bits per heavy atom. The summed E-state index contributed by atoms with van der Waals surface area (Å²) in [6, 6.07) is 0. The molecule has 0 bridgehead atoms. The third kappa shape index (κ3) is 6.21. The van der Waals surface area contributed by atoms with Crippen LogP contribution in [0, 0.1) is 0 Å². The molecule has 15 heavy (non-hydrogen) atoms. The van der Waals surface area contributed by atoms with E-state index in [4.69, 9.17) is 0 Å². The number of azo groups is 1. The van der Waals surface area contributed by atoms with Crippen molar-refractivity contribution < 1.29 is 0 Å². The average Bonchev–Trinajstić information content (AvgIpc) is 2.22. The Kier molecular flexibility index (Phi) is 6.55. The average molecular weight is 203 g/mol. The summed E-state index contributed by atoms with van der Waals surface area (Å²) in [5, 5.41) is 10.5. The first-order chi connectivity index (χ1) is 7.11. The zero-order chi connectivity index (χ0) is 11.7. The normalized spacial score (nSPS) is 10.5. The first kappa shape index (κ1) is 13.1. The van der Waals surface area contributed by atoms with Crippen LogP contribution in [0.4, 0.5) is 0 Å². The van der Waals surface area contributed by atoms with Crippen molar-refractivity contribution in [3.63, 3.8) is 0 Å². The van der Waals surface area contributed by atoms with E-state index < -0.39 is 0 Å². The third-order valence-corrected chi connectivity index (χ3v) is 1.52. The van der Waals surface area contributed by atoms with Gasteiger partial charge in [0, 0.05) is 18.4 Å². The van der Waals surface area contributed by atoms with E-state index >= 15 is 0 Å². The van der Waals surface area contributed by atoms with Crippen molar-refractivity contribution in [3.05, 3.63) is 61.6 Å². The fourth-order valence-corrected chi connectivity index (χ4v) is 0.758. The topological polar surface area (TPSA) is 36.8 Å². The number of nitrogens with one attached hydrogen (secondary N) is 1. The molecule has 0 saturated heterocycles. The lowest BCUT2D eigenvalue weighted by Crippen LogP contribution is -2.08. The monoisotopic (exact) mass is 203 g/mol. The van der Waals surface area contributed by atoms with Gasteiger partial charge in [0.25, 0.3) is 0 Å². The number of allylic oxidation sites excluding steroid dienone is 2. The summed E-state index contributed by atoms with van der Waals surface area (Å²) in [5.41, 5.74) is 2.03. The van der Waals surface area contributed by atoms with Crippen molar-refractivity contribution in [2.45, 2.75) is 6.92 Å². The third-order valence-electron chi connectivity index (χ3n) is 1.52. The summed E-state index contributed by atoms with van der Waals surface area (Å²) in [5.74, 6) is 0. The van der Waals surface area contributed by atoms with Crippen LogP contribution in [0.3, 0.4) is 0 Å². The Balaban J connectivity index is 4.24. The maximum absolute atomic E-state index is 3.80. The maximum atomic E-state index is 3.80. The molecule has 0 fully saturated rings. The molecule has 3 heteroatoms. The SMILES string of the molecule is C=C/N=N\C(=C)C(=C)/C=C\C(=C)NCC. The summed E-state index contributed by atoms with van der Waals surface area (Å²) in [7, 11) is 0. The molecule has 0 atom stereocenters. The molecule has 0 rings (SSSR count). The van der Waals surface area contributed by atoms with Gasteiger partial charge >= 0.3 is 0 Å². The van der Waals surface area contributed by atoms with E-state index in [9.17, 15) is 0 Å². The number of nitrogens with zero attached hydrogens (tertiary/aromatic N) is 2. The first-order valence-corrected chi connectivity index (χ1v) is 4.62. The van der Waals surface area contributed by atoms with E-state index in [1.165, 1.54) is 6.20 Å². The number of likely N-dealkylation sites (N-methyl/N-ethyl adjacent to an activating group) is 1. The zero-order valence-corrected chi connectivity index (χ0v) is 9.16. The number of hydrogen-bond donors (Lipinski definition) is 1. The van der Waals surface area contributed by atoms with Gasteiger partial charge in [0.05, 0.1) is 5.70 Å². The predicted octanol–water partition coefficient (Wildman–Crippen LogP) is 3.33. The molecule has 0 aromatic rings. The molecule has 0 saturated carbocycles. The summed E-state index contributed by atoms with van der Waals surface area (Å²) < 4.78 is 0. The van der Waals surface area contributed by atoms with Crippen molar-refractivity contribution in [1.82, 2.24) is 5.32 Å². The van der Waals surface area contributed by atoms with Crippen LogP contribution >= 0.6 is 0 Å². The highest BCUT2D eigenvalue weighted by molar-refractivity contribution is 5.36. The molecule has 0 aliphatic carbocycles. The Morgan fingerprint density at radius 2 is 1.93 bits per heavy atom. The van der Waals surface area contributed by atoms with Crippen LogP contribution in [-0.2, 0) is 0 Å². The van der Waals surface area contributed by atoms with E-state index in [-0.39, 0.29) is 0 Å². The lowest BCUT2D eigenvalue weighted by Gasteiger charge is -2.01. The molecule has 80 valence electrons. The highest BCUT2D eigenvalue weighted by Gasteiger charge is 1.93. The number of hydrogen-bond acceptors (Lipinski definition) is 3. The molecule has 0 unspecified atom stereocenters. The molecule has 0 spiro atoms. The molecule has 0 aromatic heterocycles. The minimum Gasteiger partial charge on any atom is -0.386 e. The van der Waals surface area contributed by atoms with Crippen LogP contribution < -0.4 is 5.32 Å². The largest absolute Gasteiger partial charge is 0.386 e. The summed E-state index contributed by atoms with van der Waals surface area (Å²) in [6.45, 7) is 17.6. The Morgan fingerprint density at radius 3 is 2.47 bits per heavy atom. The van der Waals surface area contributed by atoms with Crippen molar-refractivity contribution in [2.75, 3.05) is 6.54 Å². The lowest BCUT2D eigenvalue weighted by atomic mass is 10.2. The van der Waals surface area contributed by atoms with Crippen molar-refractivity contribution in [1.29, 1.82) is 0 Å². The van der Waals surface area contributed by atoms with Gasteiger partial charge in [-0.05, 0) is 18.6 Å². The molecule has 0 aromatic carbocycles. The lowest BCUT2D eigenvalue weighted by molar-refractivity contribution is 0.882. The van der Waals surface area contributed by atoms with Gasteiger partial charge in [0.1, 0.15) is 0 Å². The Hall–Kier alpha value is -1.90. The second-order valence-corrected chi connectivity index (χ2v) is 2.76. The smallest absolute Gasteiger partial charge is 0.0851 e. The molecular formula is C12H17N3. The zero-order valence-electron chi connectivity index (χ0n) is 9.16. The van der Waals surface area contributed by atoms with E-state index in [2.05, 4.69) is 41.9 Å². The molecule has 1 N–H and O–H groups in total. The van der Waals surface area contributed by atoms with Gasteiger partial charge in [-0.2, -0.15) is 10.2 Å². The molecular weight excluding hydrogens is 186 g/mol. The van der Waals surface area contributed by atoms with E-state index in [0.29, 0.717) is 11.3 Å². The second kappa shape index (κ2) is 7.50. The van der Waals surface area contributed by atoms with Crippen LogP contribution in [-0.4, -0.2) is 6.54 Å². The van der Waals surface area contributed by atoms with Gasteiger partial charge in [0.15, 0.2) is 0 Å². The Labute approximate surface area is 91.3 Å². The van der Waals surface area contributed by atoms with Crippen LogP contribution in [0.1, 0.15) is 6.92 Å². The minimum absolute atomic E-state index is 0.510. The maximum Gasteiger partial charge on any atom is 0.0851 e. The van der Waals surface area contributed by atoms with E-state index in [1.54, 1.807) is 6.08 Å². The fraction of sp³-hybridized carbons (Fsp3) is 0.167. The standard InChI is InChI=1S/C12H17N3/c1-6-13-11(4)9-8-10(3)12(5)15-14-7-2/h7-9,13H,2-6H2,1H3/b9-8-,15-14-. The first-order valence-electron chi connectivity index (χ1n) is 4.62. The molecule has 0 radical (unpaired) electrons. The van der Waals surface area contributed by atoms with Crippen molar-refractivity contribution in [2.24, 2.45) is 10.2 Å². The van der Waals surface area contributed by atoms with Crippen LogP contribution in [0.15, 0.2) is 71.9 Å². The molecule has 0 amide bonds. The second-order valence-electron chi connectivity index (χ2n) is 2.76. The summed E-state index contributed by atoms with van der Waals surface area (Å²) in [6.07, 6.45) is 4.95. The Bertz CT molecular complexity index is 322. The summed E-state index contributed by atoms with van der Waals surface area (Å²) in [4.78, 5) is 0.